The highest BCUT2D eigenvalue weighted by atomic mass is 32.1. The van der Waals surface area contributed by atoms with Crippen LogP contribution in [0.2, 0.25) is 0 Å². The maximum atomic E-state index is 12.8. The molecule has 0 aliphatic rings. The Kier molecular flexibility index (Phi) is 11.1. The van der Waals surface area contributed by atoms with Crippen molar-refractivity contribution in [1.29, 1.82) is 0 Å². The molecule has 3 aromatic rings. The van der Waals surface area contributed by atoms with E-state index in [9.17, 15) is 4.79 Å². The zero-order valence-corrected chi connectivity index (χ0v) is 21.1. The van der Waals surface area contributed by atoms with Gasteiger partial charge >= 0.3 is 0 Å². The Hall–Kier alpha value is -3.38. The molecule has 0 saturated carbocycles. The van der Waals surface area contributed by atoms with Gasteiger partial charge in [0.2, 0.25) is 0 Å². The molecular formula is C29H34N2O3S. The molecule has 5 nitrogen and oxygen atoms in total. The lowest BCUT2D eigenvalue weighted by Crippen LogP contribution is -2.34. The second-order valence-electron chi connectivity index (χ2n) is 8.28. The van der Waals surface area contributed by atoms with E-state index in [2.05, 4.69) is 41.8 Å². The van der Waals surface area contributed by atoms with Crippen LogP contribution in [0.3, 0.4) is 0 Å². The summed E-state index contributed by atoms with van der Waals surface area (Å²) in [6.45, 7) is 3.41. The highest BCUT2D eigenvalue weighted by molar-refractivity contribution is 7.80. The van der Waals surface area contributed by atoms with Gasteiger partial charge in [-0.25, -0.2) is 0 Å². The molecule has 0 heterocycles. The van der Waals surface area contributed by atoms with Gasteiger partial charge < -0.3 is 14.8 Å². The zero-order chi connectivity index (χ0) is 24.7. The van der Waals surface area contributed by atoms with Gasteiger partial charge in [0.15, 0.2) is 5.11 Å². The molecule has 6 heteroatoms. The summed E-state index contributed by atoms with van der Waals surface area (Å²) in [5.74, 6) is 1.06. The van der Waals surface area contributed by atoms with Gasteiger partial charge in [0.1, 0.15) is 11.5 Å². The first kappa shape index (κ1) is 26.2. The summed E-state index contributed by atoms with van der Waals surface area (Å²) in [5.41, 5.74) is 2.55. The Bertz CT molecular complexity index is 1060. The van der Waals surface area contributed by atoms with Crippen LogP contribution in [0.1, 0.15) is 54.9 Å². The van der Waals surface area contributed by atoms with Crippen LogP contribution in [0.5, 0.6) is 11.5 Å². The van der Waals surface area contributed by atoms with Crippen LogP contribution in [-0.4, -0.2) is 24.2 Å². The number of carbonyl (C=O) groups excluding carboxylic acids is 1. The predicted octanol–water partition coefficient (Wildman–Crippen LogP) is 6.78. The Morgan fingerprint density at radius 3 is 2.29 bits per heavy atom. The molecular weight excluding hydrogens is 456 g/mol. The lowest BCUT2D eigenvalue weighted by atomic mass is 10.1. The van der Waals surface area contributed by atoms with E-state index in [1.807, 2.05) is 48.5 Å². The molecule has 35 heavy (non-hydrogen) atoms. The summed E-state index contributed by atoms with van der Waals surface area (Å²) in [5, 5.41) is 6.01. The van der Waals surface area contributed by atoms with Gasteiger partial charge in [-0.15, -0.1) is 0 Å². The largest absolute Gasteiger partial charge is 0.494 e. The van der Waals surface area contributed by atoms with E-state index < -0.39 is 0 Å². The molecule has 0 atom stereocenters. The van der Waals surface area contributed by atoms with Crippen molar-refractivity contribution in [2.75, 3.05) is 18.5 Å². The number of hydrogen-bond acceptors (Lipinski definition) is 4. The zero-order valence-electron chi connectivity index (χ0n) is 20.3. The van der Waals surface area contributed by atoms with Crippen molar-refractivity contribution >= 4 is 28.9 Å². The average Bonchev–Trinajstić information content (AvgIpc) is 2.88. The molecule has 1 amide bonds. The smallest absolute Gasteiger partial charge is 0.261 e. The molecule has 2 N–H and O–H groups in total. The SMILES string of the molecule is CCCCCCOc1ccccc1C(=O)NC(=S)Nc1ccc(OCCCc2ccccc2)cc1. The number of benzene rings is 3. The topological polar surface area (TPSA) is 59.6 Å². The van der Waals surface area contributed by atoms with Crippen molar-refractivity contribution in [3.63, 3.8) is 0 Å². The number of amides is 1. The third-order valence-corrected chi connectivity index (χ3v) is 5.65. The lowest BCUT2D eigenvalue weighted by molar-refractivity contribution is 0.0973. The van der Waals surface area contributed by atoms with Crippen molar-refractivity contribution in [2.24, 2.45) is 0 Å². The minimum Gasteiger partial charge on any atom is -0.494 e. The second-order valence-corrected chi connectivity index (χ2v) is 8.68. The number of anilines is 1. The molecule has 0 aliphatic carbocycles. The quantitative estimate of drug-likeness (QED) is 0.204. The Labute approximate surface area is 213 Å². The van der Waals surface area contributed by atoms with Gasteiger partial charge in [-0.3, -0.25) is 10.1 Å². The van der Waals surface area contributed by atoms with Gasteiger partial charge in [-0.1, -0.05) is 68.7 Å². The monoisotopic (exact) mass is 490 g/mol. The first-order valence-corrected chi connectivity index (χ1v) is 12.7. The van der Waals surface area contributed by atoms with E-state index >= 15 is 0 Å². The van der Waals surface area contributed by atoms with E-state index in [0.29, 0.717) is 24.5 Å². The summed E-state index contributed by atoms with van der Waals surface area (Å²) in [6.07, 6.45) is 6.39. The Morgan fingerprint density at radius 2 is 1.51 bits per heavy atom. The number of unbranched alkanes of at least 4 members (excludes halogenated alkanes) is 3. The predicted molar refractivity (Wildman–Crippen MR) is 146 cm³/mol. The molecule has 0 aliphatic heterocycles. The van der Waals surface area contributed by atoms with E-state index in [-0.39, 0.29) is 11.0 Å². The molecule has 3 rings (SSSR count). The third-order valence-electron chi connectivity index (χ3n) is 5.45. The van der Waals surface area contributed by atoms with Crippen LogP contribution >= 0.6 is 12.2 Å². The maximum Gasteiger partial charge on any atom is 0.261 e. The van der Waals surface area contributed by atoms with Crippen LogP contribution in [0, 0.1) is 0 Å². The number of nitrogens with one attached hydrogen (secondary N) is 2. The van der Waals surface area contributed by atoms with Crippen LogP contribution < -0.4 is 20.1 Å². The minimum absolute atomic E-state index is 0.226. The third kappa shape index (κ3) is 9.41. The fourth-order valence-electron chi connectivity index (χ4n) is 3.57. The number of para-hydroxylation sites is 1. The summed E-state index contributed by atoms with van der Waals surface area (Å²) in [4.78, 5) is 12.8. The summed E-state index contributed by atoms with van der Waals surface area (Å²) < 4.78 is 11.7. The highest BCUT2D eigenvalue weighted by Crippen LogP contribution is 2.19. The number of thiocarbonyl (C=S) groups is 1. The molecule has 184 valence electrons. The summed E-state index contributed by atoms with van der Waals surface area (Å²) >= 11 is 5.34. The molecule has 3 aromatic carbocycles. The summed E-state index contributed by atoms with van der Waals surface area (Å²) in [7, 11) is 0. The summed E-state index contributed by atoms with van der Waals surface area (Å²) in [6, 6.07) is 25.1. The van der Waals surface area contributed by atoms with E-state index in [1.54, 1.807) is 6.07 Å². The standard InChI is InChI=1S/C29H34N2O3S/c1-2-3-4-10-21-34-27-16-9-8-15-26(27)28(32)31-29(35)30-24-17-19-25(20-18-24)33-22-11-14-23-12-6-5-7-13-23/h5-9,12-13,15-20H,2-4,10-11,14,21-22H2,1H3,(H2,30,31,32,35). The van der Waals surface area contributed by atoms with Crippen molar-refractivity contribution in [3.05, 3.63) is 90.0 Å². The van der Waals surface area contributed by atoms with E-state index in [1.165, 1.54) is 18.4 Å². The number of aryl methyl sites for hydroxylation is 1. The molecule has 0 fully saturated rings. The fraction of sp³-hybridized carbons (Fsp3) is 0.310. The van der Waals surface area contributed by atoms with Gasteiger partial charge in [-0.2, -0.15) is 0 Å². The van der Waals surface area contributed by atoms with Crippen LogP contribution in [-0.2, 0) is 6.42 Å². The first-order valence-electron chi connectivity index (χ1n) is 12.3. The molecule has 0 radical (unpaired) electrons. The molecule has 0 saturated heterocycles. The van der Waals surface area contributed by atoms with Crippen LogP contribution in [0.4, 0.5) is 5.69 Å². The minimum atomic E-state index is -0.301. The first-order chi connectivity index (χ1) is 17.2. The van der Waals surface area contributed by atoms with Crippen molar-refractivity contribution < 1.29 is 14.3 Å². The van der Waals surface area contributed by atoms with E-state index in [0.717, 1.165) is 37.1 Å². The fourth-order valence-corrected chi connectivity index (χ4v) is 3.78. The Morgan fingerprint density at radius 1 is 0.800 bits per heavy atom. The maximum absolute atomic E-state index is 12.8. The average molecular weight is 491 g/mol. The van der Waals surface area contributed by atoms with Gasteiger partial charge in [0.05, 0.1) is 18.8 Å². The normalized spacial score (nSPS) is 10.4. The van der Waals surface area contributed by atoms with Gasteiger partial charge in [0, 0.05) is 5.69 Å². The van der Waals surface area contributed by atoms with Crippen LogP contribution in [0.25, 0.3) is 0 Å². The number of hydrogen-bond donors (Lipinski definition) is 2. The highest BCUT2D eigenvalue weighted by Gasteiger charge is 2.13. The van der Waals surface area contributed by atoms with Gasteiger partial charge in [0.25, 0.3) is 5.91 Å². The number of ether oxygens (including phenoxy) is 2. The lowest BCUT2D eigenvalue weighted by Gasteiger charge is -2.13. The number of rotatable bonds is 13. The molecule has 0 spiro atoms. The second kappa shape index (κ2) is 14.8. The number of carbonyl (C=O) groups is 1. The molecule has 0 bridgehead atoms. The van der Waals surface area contributed by atoms with Gasteiger partial charge in [-0.05, 0) is 73.4 Å². The Balaban J connectivity index is 1.42. The van der Waals surface area contributed by atoms with E-state index in [4.69, 9.17) is 21.7 Å². The van der Waals surface area contributed by atoms with Crippen molar-refractivity contribution in [2.45, 2.75) is 45.4 Å². The van der Waals surface area contributed by atoms with Crippen molar-refractivity contribution in [3.8, 4) is 11.5 Å². The molecule has 0 unspecified atom stereocenters. The molecule has 0 aromatic heterocycles. The van der Waals surface area contributed by atoms with Crippen LogP contribution in [0.15, 0.2) is 78.9 Å². The van der Waals surface area contributed by atoms with Crippen molar-refractivity contribution in [1.82, 2.24) is 5.32 Å².